The summed E-state index contributed by atoms with van der Waals surface area (Å²) in [5, 5.41) is 0. The summed E-state index contributed by atoms with van der Waals surface area (Å²) in [6.45, 7) is 6.07. The van der Waals surface area contributed by atoms with Crippen LogP contribution in [0.25, 0.3) is 11.0 Å². The smallest absolute Gasteiger partial charge is 0.227 e. The van der Waals surface area contributed by atoms with Gasteiger partial charge in [0.15, 0.2) is 0 Å². The van der Waals surface area contributed by atoms with Crippen molar-refractivity contribution in [2.75, 3.05) is 18.1 Å². The number of fused-ring (bicyclic) bond motifs is 1. The first-order chi connectivity index (χ1) is 16.1. The zero-order valence-corrected chi connectivity index (χ0v) is 19.2. The molecule has 0 bridgehead atoms. The molecule has 168 valence electrons. The Bertz CT molecular complexity index is 1290. The average Bonchev–Trinajstić information content (AvgIpc) is 3.39. The normalized spacial score (nSPS) is 16.0. The molecule has 2 heterocycles. The molecule has 1 aromatic heterocycles. The second-order valence-electron chi connectivity index (χ2n) is 8.66. The highest BCUT2D eigenvalue weighted by atomic mass is 16.5. The third kappa shape index (κ3) is 4.23. The quantitative estimate of drug-likeness (QED) is 0.382. The first kappa shape index (κ1) is 21.3. The second kappa shape index (κ2) is 9.10. The van der Waals surface area contributed by atoms with Gasteiger partial charge < -0.3 is 14.2 Å². The van der Waals surface area contributed by atoms with Gasteiger partial charge in [-0.15, -0.1) is 0 Å². The summed E-state index contributed by atoms with van der Waals surface area (Å²) in [6, 6.07) is 24.5. The number of hydrogen-bond donors (Lipinski definition) is 0. The van der Waals surface area contributed by atoms with Crippen molar-refractivity contribution in [1.29, 1.82) is 0 Å². The number of nitrogens with zero attached hydrogens (tertiary/aromatic N) is 3. The van der Waals surface area contributed by atoms with E-state index in [1.807, 2.05) is 53.4 Å². The lowest BCUT2D eigenvalue weighted by Gasteiger charge is -2.20. The minimum absolute atomic E-state index is 0.0498. The Labute approximate surface area is 194 Å². The molecule has 1 aliphatic heterocycles. The van der Waals surface area contributed by atoms with E-state index in [1.54, 1.807) is 0 Å². The standard InChI is InChI=1S/C28H29N3O2/c1-3-21-10-4-6-13-25(21)31-19-22(18-27(31)32)28-29-24-12-5-7-14-26(24)30(28)15-16-33-23-11-8-9-20(2)17-23/h4-14,17,22H,3,15-16,18-19H2,1-2H3/t22-/m1/s1. The van der Waals surface area contributed by atoms with Crippen LogP contribution in [0.3, 0.4) is 0 Å². The number of hydrogen-bond acceptors (Lipinski definition) is 3. The summed E-state index contributed by atoms with van der Waals surface area (Å²) in [7, 11) is 0. The van der Waals surface area contributed by atoms with Gasteiger partial charge in [-0.2, -0.15) is 0 Å². The van der Waals surface area contributed by atoms with E-state index in [0.717, 1.165) is 34.7 Å². The maximum absolute atomic E-state index is 13.0. The maximum Gasteiger partial charge on any atom is 0.227 e. The molecule has 0 spiro atoms. The monoisotopic (exact) mass is 439 g/mol. The molecular formula is C28H29N3O2. The van der Waals surface area contributed by atoms with Gasteiger partial charge in [-0.05, 0) is 54.8 Å². The van der Waals surface area contributed by atoms with Crippen LogP contribution in [0.2, 0.25) is 0 Å². The summed E-state index contributed by atoms with van der Waals surface area (Å²) in [6.07, 6.45) is 1.37. The first-order valence-electron chi connectivity index (χ1n) is 11.7. The van der Waals surface area contributed by atoms with Crippen LogP contribution in [0.4, 0.5) is 5.69 Å². The van der Waals surface area contributed by atoms with Crippen molar-refractivity contribution in [3.8, 4) is 5.75 Å². The predicted octanol–water partition coefficient (Wildman–Crippen LogP) is 5.51. The number of amides is 1. The highest BCUT2D eigenvalue weighted by Crippen LogP contribution is 2.34. The van der Waals surface area contributed by atoms with Crippen LogP contribution in [0.1, 0.15) is 36.2 Å². The largest absolute Gasteiger partial charge is 0.492 e. The molecule has 3 aromatic carbocycles. The molecule has 0 saturated carbocycles. The molecule has 0 unspecified atom stereocenters. The van der Waals surface area contributed by atoms with Crippen LogP contribution in [-0.2, 0) is 17.8 Å². The lowest BCUT2D eigenvalue weighted by molar-refractivity contribution is -0.117. The Morgan fingerprint density at radius 2 is 1.85 bits per heavy atom. The number of benzene rings is 3. The number of anilines is 1. The third-order valence-electron chi connectivity index (χ3n) is 6.41. The summed E-state index contributed by atoms with van der Waals surface area (Å²) < 4.78 is 8.28. The molecule has 0 N–H and O–H groups in total. The van der Waals surface area contributed by atoms with E-state index in [2.05, 4.69) is 42.7 Å². The molecule has 5 rings (SSSR count). The summed E-state index contributed by atoms with van der Waals surface area (Å²) in [5.74, 6) is 2.05. The fourth-order valence-corrected chi connectivity index (χ4v) is 4.79. The molecule has 1 saturated heterocycles. The minimum atomic E-state index is 0.0498. The summed E-state index contributed by atoms with van der Waals surface area (Å²) in [5.41, 5.74) is 5.45. The number of imidazole rings is 1. The zero-order chi connectivity index (χ0) is 22.8. The van der Waals surface area contributed by atoms with Crippen molar-refractivity contribution in [2.24, 2.45) is 0 Å². The van der Waals surface area contributed by atoms with Gasteiger partial charge in [-0.3, -0.25) is 4.79 Å². The molecule has 1 fully saturated rings. The van der Waals surface area contributed by atoms with E-state index in [0.29, 0.717) is 26.1 Å². The van der Waals surface area contributed by atoms with Crippen LogP contribution >= 0.6 is 0 Å². The molecule has 5 heteroatoms. The van der Waals surface area contributed by atoms with E-state index < -0.39 is 0 Å². The van der Waals surface area contributed by atoms with Crippen molar-refractivity contribution >= 4 is 22.6 Å². The topological polar surface area (TPSA) is 47.4 Å². The molecule has 1 aliphatic rings. The van der Waals surface area contributed by atoms with Crippen LogP contribution in [0.15, 0.2) is 72.8 Å². The Kier molecular flexibility index (Phi) is 5.86. The summed E-state index contributed by atoms with van der Waals surface area (Å²) in [4.78, 5) is 20.0. The van der Waals surface area contributed by atoms with Crippen LogP contribution < -0.4 is 9.64 Å². The SMILES string of the molecule is CCc1ccccc1N1C[C@H](c2nc3ccccc3n2CCOc2cccc(C)c2)CC1=O. The van der Waals surface area contributed by atoms with E-state index >= 15 is 0 Å². The lowest BCUT2D eigenvalue weighted by Crippen LogP contribution is -2.25. The van der Waals surface area contributed by atoms with Crippen LogP contribution in [0, 0.1) is 6.92 Å². The van der Waals surface area contributed by atoms with E-state index in [9.17, 15) is 4.79 Å². The summed E-state index contributed by atoms with van der Waals surface area (Å²) >= 11 is 0. The second-order valence-corrected chi connectivity index (χ2v) is 8.66. The van der Waals surface area contributed by atoms with Crippen LogP contribution in [-0.4, -0.2) is 28.6 Å². The highest BCUT2D eigenvalue weighted by molar-refractivity contribution is 5.97. The number of para-hydroxylation sites is 3. The molecule has 33 heavy (non-hydrogen) atoms. The molecule has 1 atom stereocenters. The molecule has 1 amide bonds. The Balaban J connectivity index is 1.41. The van der Waals surface area contributed by atoms with Crippen LogP contribution in [0.5, 0.6) is 5.75 Å². The van der Waals surface area contributed by atoms with Crippen molar-refractivity contribution in [3.63, 3.8) is 0 Å². The minimum Gasteiger partial charge on any atom is -0.492 e. The van der Waals surface area contributed by atoms with Gasteiger partial charge >= 0.3 is 0 Å². The van der Waals surface area contributed by atoms with Gasteiger partial charge in [0.25, 0.3) is 0 Å². The van der Waals surface area contributed by atoms with Crippen molar-refractivity contribution in [3.05, 3.63) is 89.7 Å². The van der Waals surface area contributed by atoms with E-state index in [1.165, 1.54) is 11.1 Å². The predicted molar refractivity (Wildman–Crippen MR) is 132 cm³/mol. The van der Waals surface area contributed by atoms with Gasteiger partial charge in [-0.1, -0.05) is 49.4 Å². The van der Waals surface area contributed by atoms with Gasteiger partial charge in [0.05, 0.1) is 17.6 Å². The number of aromatic nitrogens is 2. The number of carbonyl (C=O) groups excluding carboxylic acids is 1. The molecule has 0 aliphatic carbocycles. The van der Waals surface area contributed by atoms with E-state index in [-0.39, 0.29) is 11.8 Å². The Morgan fingerprint density at radius 3 is 2.70 bits per heavy atom. The Hall–Kier alpha value is -3.60. The van der Waals surface area contributed by atoms with Gasteiger partial charge in [0.1, 0.15) is 18.2 Å². The number of rotatable bonds is 7. The number of carbonyl (C=O) groups is 1. The zero-order valence-electron chi connectivity index (χ0n) is 19.2. The van der Waals surface area contributed by atoms with Crippen molar-refractivity contribution in [2.45, 2.75) is 39.2 Å². The number of ether oxygens (including phenoxy) is 1. The van der Waals surface area contributed by atoms with Crippen molar-refractivity contribution < 1.29 is 9.53 Å². The fourth-order valence-electron chi connectivity index (χ4n) is 4.79. The van der Waals surface area contributed by atoms with Gasteiger partial charge in [-0.25, -0.2) is 4.98 Å². The third-order valence-corrected chi connectivity index (χ3v) is 6.41. The van der Waals surface area contributed by atoms with Gasteiger partial charge in [0, 0.05) is 24.6 Å². The average molecular weight is 440 g/mol. The Morgan fingerprint density at radius 1 is 1.03 bits per heavy atom. The highest BCUT2D eigenvalue weighted by Gasteiger charge is 2.35. The maximum atomic E-state index is 13.0. The molecule has 0 radical (unpaired) electrons. The van der Waals surface area contributed by atoms with Crippen molar-refractivity contribution in [1.82, 2.24) is 9.55 Å². The molecular weight excluding hydrogens is 410 g/mol. The fraction of sp³-hybridized carbons (Fsp3) is 0.286. The lowest BCUT2D eigenvalue weighted by atomic mass is 10.1. The van der Waals surface area contributed by atoms with Gasteiger partial charge in [0.2, 0.25) is 5.91 Å². The first-order valence-corrected chi connectivity index (χ1v) is 11.7. The van der Waals surface area contributed by atoms with E-state index in [4.69, 9.17) is 9.72 Å². The number of aryl methyl sites for hydroxylation is 2. The molecule has 4 aromatic rings. The molecule has 5 nitrogen and oxygen atoms in total.